The number of carbonyl (C=O) groups is 1. The Labute approximate surface area is 230 Å². The van der Waals surface area contributed by atoms with Gasteiger partial charge in [-0.05, 0) is 55.7 Å². The van der Waals surface area contributed by atoms with Gasteiger partial charge < -0.3 is 14.2 Å². The topological polar surface area (TPSA) is 76.4 Å². The first-order chi connectivity index (χ1) is 18.1. The molecule has 0 N–H and O–H groups in total. The van der Waals surface area contributed by atoms with Crippen LogP contribution in [-0.4, -0.2) is 46.6 Å². The van der Waals surface area contributed by atoms with Gasteiger partial charge in [-0.1, -0.05) is 35.3 Å². The highest BCUT2D eigenvalue weighted by Gasteiger charge is 2.49. The van der Waals surface area contributed by atoms with E-state index in [0.29, 0.717) is 39.0 Å². The summed E-state index contributed by atoms with van der Waals surface area (Å²) in [6.45, 7) is 6.13. The van der Waals surface area contributed by atoms with Crippen molar-refractivity contribution in [1.82, 2.24) is 19.5 Å². The molecule has 0 saturated heterocycles. The molecule has 4 aromatic rings. The van der Waals surface area contributed by atoms with E-state index in [9.17, 15) is 4.79 Å². The van der Waals surface area contributed by atoms with Crippen LogP contribution in [0.3, 0.4) is 0 Å². The van der Waals surface area contributed by atoms with Crippen molar-refractivity contribution < 1.29 is 9.53 Å². The highest BCUT2D eigenvalue weighted by Crippen LogP contribution is 2.56. The van der Waals surface area contributed by atoms with Crippen molar-refractivity contribution >= 4 is 40.7 Å². The average molecular weight is 549 g/mol. The van der Waals surface area contributed by atoms with E-state index >= 15 is 0 Å². The van der Waals surface area contributed by atoms with Gasteiger partial charge in [0.15, 0.2) is 5.69 Å². The van der Waals surface area contributed by atoms with Gasteiger partial charge in [-0.3, -0.25) is 9.69 Å². The Morgan fingerprint density at radius 1 is 1.08 bits per heavy atom. The average Bonchev–Trinajstić information content (AvgIpc) is 3.41. The van der Waals surface area contributed by atoms with Crippen LogP contribution < -0.4 is 14.5 Å². The first kappa shape index (κ1) is 24.7. The maximum atomic E-state index is 14.2. The molecule has 2 aliphatic rings. The van der Waals surface area contributed by atoms with Gasteiger partial charge in [-0.25, -0.2) is 9.97 Å². The number of anilines is 2. The first-order valence-electron chi connectivity index (χ1n) is 12.3. The molecule has 0 radical (unpaired) electrons. The minimum absolute atomic E-state index is 0.0233. The van der Waals surface area contributed by atoms with Crippen molar-refractivity contribution in [3.63, 3.8) is 0 Å². The van der Waals surface area contributed by atoms with Crippen molar-refractivity contribution in [3.8, 4) is 28.4 Å². The quantitative estimate of drug-likeness (QED) is 0.296. The van der Waals surface area contributed by atoms with Gasteiger partial charge in [0.05, 0.1) is 29.1 Å². The second-order valence-electron chi connectivity index (χ2n) is 10.0. The lowest BCUT2D eigenvalue weighted by atomic mass is 9.86. The van der Waals surface area contributed by atoms with E-state index < -0.39 is 6.04 Å². The zero-order valence-corrected chi connectivity index (χ0v) is 23.4. The summed E-state index contributed by atoms with van der Waals surface area (Å²) in [5, 5.41) is 1.17. The minimum atomic E-state index is -0.397. The van der Waals surface area contributed by atoms with Gasteiger partial charge in [0.2, 0.25) is 11.8 Å². The molecule has 2 aliphatic heterocycles. The molecule has 2 aromatic heterocycles. The number of methoxy groups -OCH3 is 1. The highest BCUT2D eigenvalue weighted by atomic mass is 35.5. The van der Waals surface area contributed by atoms with Crippen LogP contribution in [0.4, 0.5) is 11.6 Å². The summed E-state index contributed by atoms with van der Waals surface area (Å²) in [6.07, 6.45) is 1.70. The predicted molar refractivity (Wildman–Crippen MR) is 150 cm³/mol. The van der Waals surface area contributed by atoms with Gasteiger partial charge in [0.1, 0.15) is 11.9 Å². The van der Waals surface area contributed by atoms with E-state index in [1.54, 1.807) is 18.2 Å². The zero-order valence-electron chi connectivity index (χ0n) is 21.9. The Balaban J connectivity index is 1.65. The molecule has 10 heteroatoms. The fraction of sp³-hybridized carbons (Fsp3) is 0.286. The molecule has 0 spiro atoms. The van der Waals surface area contributed by atoms with Crippen LogP contribution in [0.1, 0.15) is 53.2 Å². The molecule has 194 valence electrons. The molecule has 8 nitrogen and oxygen atoms in total. The van der Waals surface area contributed by atoms with E-state index in [1.165, 1.54) is 0 Å². The number of imidazole rings is 1. The standard InChI is InChI=1S/C28H26Cl2N6O2/c1-13(2)35-24-21(32-25(35)18-12-31-28(34(4)5)33-26(18)38-6)27(37)36-22-14(3)7-10-19(30)20(22)17-11-15(29)8-9-16(17)23(24)36/h7-13,23H,1-6H3. The number of rotatable bonds is 4. The lowest BCUT2D eigenvalue weighted by Crippen LogP contribution is -2.34. The van der Waals surface area contributed by atoms with E-state index in [4.69, 9.17) is 32.9 Å². The summed E-state index contributed by atoms with van der Waals surface area (Å²) in [5.74, 6) is 1.32. The SMILES string of the molecule is COc1nc(N(C)C)ncc1-c1nc2c(n1C(C)C)C1c3ccc(Cl)cc3-c3c(Cl)ccc(C)c3N1C2=O. The lowest BCUT2D eigenvalue weighted by molar-refractivity contribution is 0.0989. The Morgan fingerprint density at radius 2 is 1.84 bits per heavy atom. The highest BCUT2D eigenvalue weighted by molar-refractivity contribution is 6.35. The van der Waals surface area contributed by atoms with Crippen molar-refractivity contribution in [1.29, 1.82) is 0 Å². The summed E-state index contributed by atoms with van der Waals surface area (Å²) in [4.78, 5) is 31.8. The fourth-order valence-electron chi connectivity index (χ4n) is 5.55. The van der Waals surface area contributed by atoms with Crippen molar-refractivity contribution in [3.05, 3.63) is 69.1 Å². The molecule has 0 aliphatic carbocycles. The van der Waals surface area contributed by atoms with Gasteiger partial charge in [-0.15, -0.1) is 0 Å². The van der Waals surface area contributed by atoms with Crippen molar-refractivity contribution in [2.45, 2.75) is 32.9 Å². The third-order valence-electron chi connectivity index (χ3n) is 7.13. The maximum Gasteiger partial charge on any atom is 0.279 e. The van der Waals surface area contributed by atoms with Crippen LogP contribution in [0.2, 0.25) is 10.0 Å². The number of hydrogen-bond acceptors (Lipinski definition) is 6. The van der Waals surface area contributed by atoms with Gasteiger partial charge in [-0.2, -0.15) is 4.98 Å². The summed E-state index contributed by atoms with van der Waals surface area (Å²) in [7, 11) is 5.30. The minimum Gasteiger partial charge on any atom is -0.480 e. The molecule has 38 heavy (non-hydrogen) atoms. The number of hydrogen-bond donors (Lipinski definition) is 0. The normalized spacial score (nSPS) is 15.3. The zero-order chi connectivity index (χ0) is 27.0. The second kappa shape index (κ2) is 8.71. The molecule has 1 atom stereocenters. The van der Waals surface area contributed by atoms with Crippen molar-refractivity contribution in [2.24, 2.45) is 0 Å². The molecule has 4 heterocycles. The monoisotopic (exact) mass is 548 g/mol. The van der Waals surface area contributed by atoms with Crippen LogP contribution in [0, 0.1) is 6.92 Å². The van der Waals surface area contributed by atoms with Crippen molar-refractivity contribution in [2.75, 3.05) is 31.0 Å². The Kier molecular flexibility index (Phi) is 5.66. The molecule has 0 bridgehead atoms. The van der Waals surface area contributed by atoms with E-state index in [-0.39, 0.29) is 11.9 Å². The summed E-state index contributed by atoms with van der Waals surface area (Å²) in [5.41, 5.74) is 6.23. The maximum absolute atomic E-state index is 14.2. The van der Waals surface area contributed by atoms with Crippen LogP contribution >= 0.6 is 23.2 Å². The Bertz CT molecular complexity index is 1650. The number of benzene rings is 2. The van der Waals surface area contributed by atoms with Gasteiger partial charge in [0, 0.05) is 36.9 Å². The summed E-state index contributed by atoms with van der Waals surface area (Å²) < 4.78 is 7.74. The summed E-state index contributed by atoms with van der Waals surface area (Å²) in [6, 6.07) is 9.14. The second-order valence-corrected chi connectivity index (χ2v) is 10.9. The lowest BCUT2D eigenvalue weighted by Gasteiger charge is -2.36. The Morgan fingerprint density at radius 3 is 2.53 bits per heavy atom. The molecular formula is C28H26Cl2N6O2. The molecule has 1 unspecified atom stereocenters. The van der Waals surface area contributed by atoms with Crippen LogP contribution in [0.25, 0.3) is 22.5 Å². The molecule has 0 fully saturated rings. The number of aromatic nitrogens is 4. The third-order valence-corrected chi connectivity index (χ3v) is 7.68. The number of nitrogens with zero attached hydrogens (tertiary/aromatic N) is 6. The largest absolute Gasteiger partial charge is 0.480 e. The van der Waals surface area contributed by atoms with Gasteiger partial charge in [0.25, 0.3) is 5.91 Å². The number of fused-ring (bicyclic) bond motifs is 8. The molecule has 0 saturated carbocycles. The molecule has 1 amide bonds. The van der Waals surface area contributed by atoms with Crippen LogP contribution in [0.5, 0.6) is 5.88 Å². The van der Waals surface area contributed by atoms with Gasteiger partial charge >= 0.3 is 0 Å². The smallest absolute Gasteiger partial charge is 0.279 e. The Hall–Kier alpha value is -3.62. The number of carbonyl (C=O) groups excluding carboxylic acids is 1. The molecular weight excluding hydrogens is 523 g/mol. The predicted octanol–water partition coefficient (Wildman–Crippen LogP) is 6.34. The fourth-order valence-corrected chi connectivity index (χ4v) is 5.98. The van der Waals surface area contributed by atoms with E-state index in [1.807, 2.05) is 56.3 Å². The summed E-state index contributed by atoms with van der Waals surface area (Å²) >= 11 is 13.2. The number of aryl methyl sites for hydroxylation is 1. The third kappa shape index (κ3) is 3.36. The first-order valence-corrected chi connectivity index (χ1v) is 13.0. The van der Waals surface area contributed by atoms with E-state index in [0.717, 1.165) is 33.6 Å². The van der Waals surface area contributed by atoms with E-state index in [2.05, 4.69) is 28.4 Å². The van der Waals surface area contributed by atoms with Crippen LogP contribution in [0.15, 0.2) is 36.5 Å². The van der Waals surface area contributed by atoms with Crippen LogP contribution in [-0.2, 0) is 0 Å². The number of ether oxygens (including phenoxy) is 1. The number of amides is 1. The molecule has 2 aromatic carbocycles. The molecule has 6 rings (SSSR count). The number of halogens is 2.